The molecule has 10 heteroatoms. The van der Waals surface area contributed by atoms with Crippen molar-refractivity contribution in [2.24, 2.45) is 0 Å². The first-order valence-electron chi connectivity index (χ1n) is 9.93. The Bertz CT molecular complexity index is 1280. The molecular weight excluding hydrogens is 458 g/mol. The van der Waals surface area contributed by atoms with E-state index in [1.165, 1.54) is 30.3 Å². The van der Waals surface area contributed by atoms with Crippen molar-refractivity contribution < 1.29 is 13.2 Å². The molecule has 0 aliphatic rings. The number of anilines is 2. The Hall–Kier alpha value is -3.63. The lowest BCUT2D eigenvalue weighted by molar-refractivity contribution is -0.115. The van der Waals surface area contributed by atoms with Crippen molar-refractivity contribution in [3.63, 3.8) is 0 Å². The molecule has 0 radical (unpaired) electrons. The molecule has 0 bridgehead atoms. The van der Waals surface area contributed by atoms with Gasteiger partial charge in [-0.05, 0) is 75.0 Å². The molecule has 1 amide bonds. The Balaban J connectivity index is 1.58. The van der Waals surface area contributed by atoms with Crippen LogP contribution in [0.25, 0.3) is 6.08 Å². The van der Waals surface area contributed by atoms with Gasteiger partial charge in [-0.3, -0.25) is 10.1 Å². The number of nitrogens with one attached hydrogen (secondary N) is 3. The average Bonchev–Trinajstić information content (AvgIpc) is 2.72. The van der Waals surface area contributed by atoms with Gasteiger partial charge in [0.25, 0.3) is 10.0 Å². The van der Waals surface area contributed by atoms with E-state index in [4.69, 9.17) is 12.2 Å². The molecule has 1 aromatic heterocycles. The summed E-state index contributed by atoms with van der Waals surface area (Å²) in [5.41, 5.74) is 3.86. The average molecular weight is 482 g/mol. The molecule has 0 atom stereocenters. The van der Waals surface area contributed by atoms with E-state index < -0.39 is 10.0 Å². The third-order valence-corrected chi connectivity index (χ3v) is 5.92. The van der Waals surface area contributed by atoms with Gasteiger partial charge >= 0.3 is 0 Å². The highest BCUT2D eigenvalue weighted by atomic mass is 32.2. The van der Waals surface area contributed by atoms with Gasteiger partial charge in [0.2, 0.25) is 11.9 Å². The fourth-order valence-electron chi connectivity index (χ4n) is 2.83. The van der Waals surface area contributed by atoms with Crippen LogP contribution in [0.2, 0.25) is 0 Å². The van der Waals surface area contributed by atoms with Crippen molar-refractivity contribution >= 4 is 51.0 Å². The standard InChI is InChI=1S/C23H23N5O3S2/c1-15-4-6-18(7-5-15)8-13-21(29)27-23(32)26-19-9-11-20(12-10-19)33(30,31)28-22-24-16(2)14-17(3)25-22/h4-14H,1-3H3,(H,24,25,28)(H2,26,27,29,32). The van der Waals surface area contributed by atoms with Crippen LogP contribution in [-0.2, 0) is 14.8 Å². The minimum absolute atomic E-state index is 0.0114. The number of amides is 1. The lowest BCUT2D eigenvalue weighted by Gasteiger charge is -2.10. The Morgan fingerprint density at radius 2 is 1.55 bits per heavy atom. The number of hydrogen-bond acceptors (Lipinski definition) is 6. The van der Waals surface area contributed by atoms with Gasteiger partial charge < -0.3 is 5.32 Å². The third-order valence-electron chi connectivity index (χ3n) is 4.37. The van der Waals surface area contributed by atoms with Gasteiger partial charge in [-0.1, -0.05) is 29.8 Å². The number of rotatable bonds is 6. The first-order valence-corrected chi connectivity index (χ1v) is 11.8. The van der Waals surface area contributed by atoms with E-state index in [2.05, 4.69) is 25.3 Å². The summed E-state index contributed by atoms with van der Waals surface area (Å²) >= 11 is 5.15. The smallest absolute Gasteiger partial charge is 0.264 e. The molecule has 2 aromatic carbocycles. The third kappa shape index (κ3) is 7.19. The Morgan fingerprint density at radius 1 is 0.939 bits per heavy atom. The van der Waals surface area contributed by atoms with Gasteiger partial charge in [-0.15, -0.1) is 0 Å². The summed E-state index contributed by atoms with van der Waals surface area (Å²) in [6.45, 7) is 5.50. The van der Waals surface area contributed by atoms with Crippen LogP contribution in [0, 0.1) is 20.8 Å². The van der Waals surface area contributed by atoms with Crippen LogP contribution in [-0.4, -0.2) is 29.4 Å². The Kier molecular flexibility index (Phi) is 7.52. The van der Waals surface area contributed by atoms with Gasteiger partial charge in [0.15, 0.2) is 5.11 Å². The summed E-state index contributed by atoms with van der Waals surface area (Å²) in [4.78, 5) is 20.3. The number of carbonyl (C=O) groups excluding carboxylic acids is 1. The van der Waals surface area contributed by atoms with Crippen LogP contribution in [0.3, 0.4) is 0 Å². The molecule has 170 valence electrons. The van der Waals surface area contributed by atoms with Gasteiger partial charge in [0, 0.05) is 23.2 Å². The molecule has 3 aromatic rings. The minimum Gasteiger partial charge on any atom is -0.332 e. The zero-order valence-electron chi connectivity index (χ0n) is 18.3. The molecule has 8 nitrogen and oxygen atoms in total. The van der Waals surface area contributed by atoms with E-state index in [-0.39, 0.29) is 21.9 Å². The molecule has 0 unspecified atom stereocenters. The lowest BCUT2D eigenvalue weighted by Crippen LogP contribution is -2.32. The van der Waals surface area contributed by atoms with Crippen LogP contribution in [0.15, 0.2) is 65.6 Å². The number of carbonyl (C=O) groups is 1. The maximum Gasteiger partial charge on any atom is 0.264 e. The number of hydrogen-bond donors (Lipinski definition) is 3. The molecular formula is C23H23N5O3S2. The monoisotopic (exact) mass is 481 g/mol. The van der Waals surface area contributed by atoms with Gasteiger partial charge in [-0.25, -0.2) is 23.1 Å². The molecule has 33 heavy (non-hydrogen) atoms. The van der Waals surface area contributed by atoms with Gasteiger partial charge in [-0.2, -0.15) is 0 Å². The topological polar surface area (TPSA) is 113 Å². The maximum absolute atomic E-state index is 12.6. The number of aromatic nitrogens is 2. The summed E-state index contributed by atoms with van der Waals surface area (Å²) in [5.74, 6) is -0.373. The predicted octanol–water partition coefficient (Wildman–Crippen LogP) is 3.73. The second-order valence-electron chi connectivity index (χ2n) is 7.29. The van der Waals surface area contributed by atoms with E-state index >= 15 is 0 Å². The summed E-state index contributed by atoms with van der Waals surface area (Å²) < 4.78 is 27.6. The van der Waals surface area contributed by atoms with Crippen molar-refractivity contribution in [3.05, 3.63) is 83.2 Å². The molecule has 0 aliphatic heterocycles. The molecule has 3 N–H and O–H groups in total. The molecule has 0 saturated heterocycles. The number of nitrogens with zero attached hydrogens (tertiary/aromatic N) is 2. The molecule has 0 aliphatic carbocycles. The van der Waals surface area contributed by atoms with E-state index in [0.717, 1.165) is 11.1 Å². The highest BCUT2D eigenvalue weighted by Crippen LogP contribution is 2.17. The van der Waals surface area contributed by atoms with Crippen molar-refractivity contribution in [2.75, 3.05) is 10.0 Å². The molecule has 3 rings (SSSR count). The fraction of sp³-hybridized carbons (Fsp3) is 0.130. The van der Waals surface area contributed by atoms with Crippen LogP contribution in [0.1, 0.15) is 22.5 Å². The number of thiocarbonyl (C=S) groups is 1. The van der Waals surface area contributed by atoms with Crippen molar-refractivity contribution in [3.8, 4) is 0 Å². The minimum atomic E-state index is -3.86. The SMILES string of the molecule is Cc1ccc(C=CC(=O)NC(=S)Nc2ccc(S(=O)(=O)Nc3nc(C)cc(C)n3)cc2)cc1. The summed E-state index contributed by atoms with van der Waals surface area (Å²) in [5, 5.41) is 5.48. The van der Waals surface area contributed by atoms with Crippen LogP contribution < -0.4 is 15.4 Å². The number of benzene rings is 2. The van der Waals surface area contributed by atoms with Gasteiger partial charge in [0.1, 0.15) is 0 Å². The second kappa shape index (κ2) is 10.3. The van der Waals surface area contributed by atoms with E-state index in [9.17, 15) is 13.2 Å². The molecule has 0 saturated carbocycles. The highest BCUT2D eigenvalue weighted by molar-refractivity contribution is 7.92. The zero-order valence-corrected chi connectivity index (χ0v) is 19.9. The first-order chi connectivity index (χ1) is 15.6. The zero-order chi connectivity index (χ0) is 24.0. The van der Waals surface area contributed by atoms with Crippen molar-refractivity contribution in [1.29, 1.82) is 0 Å². The van der Waals surface area contributed by atoms with E-state index in [0.29, 0.717) is 17.1 Å². The van der Waals surface area contributed by atoms with Crippen LogP contribution in [0.5, 0.6) is 0 Å². The van der Waals surface area contributed by atoms with E-state index in [1.807, 2.05) is 31.2 Å². The first kappa shape index (κ1) is 24.0. The van der Waals surface area contributed by atoms with Gasteiger partial charge in [0.05, 0.1) is 4.90 Å². The predicted molar refractivity (Wildman–Crippen MR) is 133 cm³/mol. The fourth-order valence-corrected chi connectivity index (χ4v) is 4.00. The quantitative estimate of drug-likeness (QED) is 0.363. The van der Waals surface area contributed by atoms with Crippen LogP contribution >= 0.6 is 12.2 Å². The Morgan fingerprint density at radius 3 is 2.15 bits per heavy atom. The lowest BCUT2D eigenvalue weighted by atomic mass is 10.1. The highest BCUT2D eigenvalue weighted by Gasteiger charge is 2.16. The summed E-state index contributed by atoms with van der Waals surface area (Å²) in [7, 11) is -3.86. The number of sulfonamides is 1. The maximum atomic E-state index is 12.6. The summed E-state index contributed by atoms with van der Waals surface area (Å²) in [6, 6.07) is 15.4. The number of aryl methyl sites for hydroxylation is 3. The molecule has 1 heterocycles. The molecule has 0 fully saturated rings. The van der Waals surface area contributed by atoms with Crippen molar-refractivity contribution in [2.45, 2.75) is 25.7 Å². The summed E-state index contributed by atoms with van der Waals surface area (Å²) in [6.07, 6.45) is 3.07. The van der Waals surface area contributed by atoms with Crippen LogP contribution in [0.4, 0.5) is 11.6 Å². The second-order valence-corrected chi connectivity index (χ2v) is 9.38. The Labute approximate surface area is 198 Å². The molecule has 0 spiro atoms. The largest absolute Gasteiger partial charge is 0.332 e. The normalized spacial score (nSPS) is 11.2. The van der Waals surface area contributed by atoms with Crippen molar-refractivity contribution in [1.82, 2.24) is 15.3 Å². The van der Waals surface area contributed by atoms with E-state index in [1.54, 1.807) is 26.0 Å².